The van der Waals surface area contributed by atoms with Crippen LogP contribution in [0.5, 0.6) is 0 Å². The van der Waals surface area contributed by atoms with Crippen LogP contribution in [0.2, 0.25) is 0 Å². The first-order valence-electron chi connectivity index (χ1n) is 6.32. The molecule has 5 heteroatoms. The largest absolute Gasteiger partial charge is 0.490 e. The highest BCUT2D eigenvalue weighted by Crippen LogP contribution is 2.38. The molecule has 1 saturated heterocycles. The highest BCUT2D eigenvalue weighted by Gasteiger charge is 2.52. The second-order valence-electron chi connectivity index (χ2n) is 5.62. The molecule has 1 rings (SSSR count). The molecule has 1 aliphatic heterocycles. The monoisotopic (exact) mass is 254 g/mol. The normalized spacial score (nSPS) is 22.7. The van der Waals surface area contributed by atoms with Gasteiger partial charge in [0.1, 0.15) is 0 Å². The van der Waals surface area contributed by atoms with E-state index in [1.165, 1.54) is 0 Å². The molecule has 1 heterocycles. The lowest BCUT2D eigenvalue weighted by Crippen LogP contribution is -2.41. The van der Waals surface area contributed by atoms with Crippen LogP contribution in [-0.4, -0.2) is 30.9 Å². The summed E-state index contributed by atoms with van der Waals surface area (Å²) < 4.78 is 16.8. The van der Waals surface area contributed by atoms with E-state index in [9.17, 15) is 4.79 Å². The zero-order chi connectivity index (χ0) is 14.1. The molecular formula is C13H23BO4. The van der Waals surface area contributed by atoms with Crippen LogP contribution >= 0.6 is 0 Å². The van der Waals surface area contributed by atoms with E-state index >= 15 is 0 Å². The minimum atomic E-state index is -0.487. The van der Waals surface area contributed by atoms with Crippen LogP contribution in [0.15, 0.2) is 11.0 Å². The van der Waals surface area contributed by atoms with Gasteiger partial charge in [0.15, 0.2) is 0 Å². The molecule has 0 amide bonds. The number of hydrogen-bond acceptors (Lipinski definition) is 4. The van der Waals surface area contributed by atoms with Gasteiger partial charge in [-0.25, -0.2) is 4.79 Å². The zero-order valence-electron chi connectivity index (χ0n) is 12.4. The summed E-state index contributed by atoms with van der Waals surface area (Å²) in [5.74, 6) is -0.315. The van der Waals surface area contributed by atoms with Crippen LogP contribution in [0, 0.1) is 0 Å². The number of carbonyl (C=O) groups excluding carboxylic acids is 1. The maximum Gasteiger partial charge on any atom is 0.490 e. The van der Waals surface area contributed by atoms with Gasteiger partial charge in [-0.3, -0.25) is 0 Å². The van der Waals surface area contributed by atoms with Crippen LogP contribution in [0.4, 0.5) is 0 Å². The van der Waals surface area contributed by atoms with Crippen LogP contribution in [0.3, 0.4) is 0 Å². The molecule has 0 spiro atoms. The number of carbonyl (C=O) groups is 1. The highest BCUT2D eigenvalue weighted by atomic mass is 16.7. The van der Waals surface area contributed by atoms with E-state index < -0.39 is 18.3 Å². The number of ether oxygens (including phenoxy) is 1. The minimum Gasteiger partial charge on any atom is -0.463 e. The third kappa shape index (κ3) is 2.78. The van der Waals surface area contributed by atoms with Crippen molar-refractivity contribution in [3.63, 3.8) is 0 Å². The third-order valence-corrected chi connectivity index (χ3v) is 3.78. The van der Waals surface area contributed by atoms with Gasteiger partial charge in [-0.1, -0.05) is 0 Å². The lowest BCUT2D eigenvalue weighted by atomic mass is 9.76. The van der Waals surface area contributed by atoms with Crippen molar-refractivity contribution >= 4 is 13.1 Å². The van der Waals surface area contributed by atoms with Gasteiger partial charge in [-0.2, -0.15) is 0 Å². The Kier molecular flexibility index (Phi) is 4.28. The van der Waals surface area contributed by atoms with Gasteiger partial charge in [-0.05, 0) is 53.9 Å². The highest BCUT2D eigenvalue weighted by molar-refractivity contribution is 6.55. The molecule has 0 aromatic rings. The van der Waals surface area contributed by atoms with E-state index in [0.717, 1.165) is 5.47 Å². The molecule has 0 aromatic carbocycles. The van der Waals surface area contributed by atoms with Crippen molar-refractivity contribution in [3.8, 4) is 0 Å². The summed E-state index contributed by atoms with van der Waals surface area (Å²) in [6.45, 7) is 13.7. The molecule has 0 N–H and O–H groups in total. The molecule has 0 radical (unpaired) electrons. The Morgan fingerprint density at radius 1 is 1.11 bits per heavy atom. The lowest BCUT2D eigenvalue weighted by Gasteiger charge is -2.32. The molecule has 0 unspecified atom stereocenters. The first-order chi connectivity index (χ1) is 8.12. The second kappa shape index (κ2) is 5.06. The lowest BCUT2D eigenvalue weighted by molar-refractivity contribution is -0.138. The summed E-state index contributed by atoms with van der Waals surface area (Å²) in [5.41, 5.74) is 0.532. The van der Waals surface area contributed by atoms with Crippen molar-refractivity contribution in [2.75, 3.05) is 6.61 Å². The third-order valence-electron chi connectivity index (χ3n) is 3.78. The van der Waals surface area contributed by atoms with Gasteiger partial charge in [0, 0.05) is 5.57 Å². The van der Waals surface area contributed by atoms with Crippen molar-refractivity contribution in [1.29, 1.82) is 0 Å². The van der Waals surface area contributed by atoms with Gasteiger partial charge < -0.3 is 14.0 Å². The van der Waals surface area contributed by atoms with Gasteiger partial charge >= 0.3 is 13.1 Å². The van der Waals surface area contributed by atoms with Crippen molar-refractivity contribution in [1.82, 2.24) is 0 Å². The average Bonchev–Trinajstić information content (AvgIpc) is 2.46. The Labute approximate surface area is 110 Å². The maximum absolute atomic E-state index is 11.7. The van der Waals surface area contributed by atoms with E-state index in [1.54, 1.807) is 13.8 Å². The van der Waals surface area contributed by atoms with Crippen molar-refractivity contribution < 1.29 is 18.8 Å². The van der Waals surface area contributed by atoms with Gasteiger partial charge in [0.25, 0.3) is 0 Å². The summed E-state index contributed by atoms with van der Waals surface area (Å²) in [5, 5.41) is 0. The molecular weight excluding hydrogens is 231 g/mol. The SMILES string of the molecule is CCOC(=O)C(C)=C(C)B1OC(C)(C)C(C)(C)O1. The predicted octanol–water partition coefficient (Wildman–Crippen LogP) is 2.52. The van der Waals surface area contributed by atoms with E-state index in [1.807, 2.05) is 34.6 Å². The topological polar surface area (TPSA) is 44.8 Å². The Balaban J connectivity index is 2.91. The van der Waals surface area contributed by atoms with Gasteiger partial charge in [0.05, 0.1) is 17.8 Å². The average molecular weight is 254 g/mol. The van der Waals surface area contributed by atoms with E-state index in [4.69, 9.17) is 14.0 Å². The molecule has 0 bridgehead atoms. The van der Waals surface area contributed by atoms with Crippen molar-refractivity contribution in [2.45, 2.75) is 59.7 Å². The summed E-state index contributed by atoms with van der Waals surface area (Å²) in [4.78, 5) is 11.7. The number of allylic oxidation sites excluding steroid dienone is 1. The molecule has 0 aliphatic carbocycles. The fraction of sp³-hybridized carbons (Fsp3) is 0.769. The van der Waals surface area contributed by atoms with Crippen LogP contribution in [-0.2, 0) is 18.8 Å². The van der Waals surface area contributed by atoms with Crippen LogP contribution in [0.25, 0.3) is 0 Å². The van der Waals surface area contributed by atoms with Gasteiger partial charge in [-0.15, -0.1) is 0 Å². The molecule has 1 aliphatic rings. The zero-order valence-corrected chi connectivity index (χ0v) is 12.4. The molecule has 4 nitrogen and oxygen atoms in total. The molecule has 0 saturated carbocycles. The minimum absolute atomic E-state index is 0.315. The first kappa shape index (κ1) is 15.3. The Bertz CT molecular complexity index is 355. The maximum atomic E-state index is 11.7. The Hall–Kier alpha value is -0.805. The quantitative estimate of drug-likeness (QED) is 0.441. The summed E-state index contributed by atoms with van der Waals surface area (Å²) in [6.07, 6.45) is 0. The summed E-state index contributed by atoms with van der Waals surface area (Å²) in [7, 11) is -0.487. The first-order valence-corrected chi connectivity index (χ1v) is 6.32. The number of rotatable bonds is 3. The van der Waals surface area contributed by atoms with E-state index in [0.29, 0.717) is 12.2 Å². The standard InChI is InChI=1S/C13H23BO4/c1-8-16-11(15)9(2)10(3)14-17-12(4,5)13(6,7)18-14/h8H2,1-7H3. The van der Waals surface area contributed by atoms with Crippen molar-refractivity contribution in [2.24, 2.45) is 0 Å². The van der Waals surface area contributed by atoms with Gasteiger partial charge in [0.2, 0.25) is 0 Å². The van der Waals surface area contributed by atoms with Crippen LogP contribution in [0.1, 0.15) is 48.5 Å². The number of esters is 1. The fourth-order valence-corrected chi connectivity index (χ4v) is 1.60. The summed E-state index contributed by atoms with van der Waals surface area (Å²) in [6, 6.07) is 0. The van der Waals surface area contributed by atoms with Crippen LogP contribution < -0.4 is 0 Å². The van der Waals surface area contributed by atoms with E-state index in [-0.39, 0.29) is 5.97 Å². The second-order valence-corrected chi connectivity index (χ2v) is 5.62. The fourth-order valence-electron chi connectivity index (χ4n) is 1.60. The summed E-state index contributed by atoms with van der Waals surface area (Å²) >= 11 is 0. The molecule has 18 heavy (non-hydrogen) atoms. The van der Waals surface area contributed by atoms with Crippen molar-refractivity contribution in [3.05, 3.63) is 11.0 Å². The molecule has 0 atom stereocenters. The molecule has 1 fully saturated rings. The molecule has 0 aromatic heterocycles. The molecule has 102 valence electrons. The Morgan fingerprint density at radius 2 is 1.56 bits per heavy atom. The number of hydrogen-bond donors (Lipinski definition) is 0. The Morgan fingerprint density at radius 3 is 1.94 bits per heavy atom. The van der Waals surface area contributed by atoms with E-state index in [2.05, 4.69) is 0 Å². The predicted molar refractivity (Wildman–Crippen MR) is 71.1 cm³/mol. The smallest absolute Gasteiger partial charge is 0.463 e.